The van der Waals surface area contributed by atoms with Crippen molar-refractivity contribution in [3.05, 3.63) is 21.1 Å². The SMILES string of the molecule is CCCCN(CCCC)S(=O)(=O)c1cc(Cl)c(Cl)c(Cl)c1SCCl. The molecule has 0 amide bonds. The van der Waals surface area contributed by atoms with Crippen LogP contribution in [0.5, 0.6) is 0 Å². The Labute approximate surface area is 169 Å². The van der Waals surface area contributed by atoms with Gasteiger partial charge in [0.25, 0.3) is 0 Å². The maximum atomic E-state index is 13.2. The fourth-order valence-corrected chi connectivity index (χ4v) is 6.02. The summed E-state index contributed by atoms with van der Waals surface area (Å²) in [7, 11) is -3.73. The zero-order chi connectivity index (χ0) is 18.3. The Morgan fingerprint density at radius 2 is 1.58 bits per heavy atom. The van der Waals surface area contributed by atoms with E-state index < -0.39 is 10.0 Å². The van der Waals surface area contributed by atoms with Crippen LogP contribution in [0.4, 0.5) is 0 Å². The molecule has 1 aromatic rings. The highest BCUT2D eigenvalue weighted by molar-refractivity contribution is 8.01. The first-order valence-corrected chi connectivity index (χ1v) is 11.8. The third-order valence-corrected chi connectivity index (χ3v) is 8.00. The fourth-order valence-electron chi connectivity index (χ4n) is 2.10. The van der Waals surface area contributed by atoms with Crippen molar-refractivity contribution in [3.63, 3.8) is 0 Å². The van der Waals surface area contributed by atoms with E-state index in [1.54, 1.807) is 0 Å². The molecule has 0 aliphatic heterocycles. The lowest BCUT2D eigenvalue weighted by atomic mass is 10.3. The minimum absolute atomic E-state index is 0.0692. The molecule has 0 N–H and O–H groups in total. The summed E-state index contributed by atoms with van der Waals surface area (Å²) in [5, 5.41) is 0.535. The van der Waals surface area contributed by atoms with Gasteiger partial charge < -0.3 is 0 Å². The molecule has 1 rings (SSSR count). The predicted octanol–water partition coefficient (Wildman–Crippen LogP) is 6.53. The zero-order valence-electron chi connectivity index (χ0n) is 13.6. The van der Waals surface area contributed by atoms with E-state index in [4.69, 9.17) is 46.4 Å². The van der Waals surface area contributed by atoms with Crippen molar-refractivity contribution in [2.75, 3.05) is 18.3 Å². The minimum Gasteiger partial charge on any atom is -0.207 e. The van der Waals surface area contributed by atoms with E-state index >= 15 is 0 Å². The maximum absolute atomic E-state index is 13.2. The molecule has 0 radical (unpaired) electrons. The van der Waals surface area contributed by atoms with E-state index in [-0.39, 0.29) is 25.2 Å². The molecule has 0 saturated heterocycles. The third-order valence-electron chi connectivity index (χ3n) is 3.42. The lowest BCUT2D eigenvalue weighted by Gasteiger charge is -2.24. The van der Waals surface area contributed by atoms with Gasteiger partial charge >= 0.3 is 0 Å². The first kappa shape index (κ1) is 22.7. The second-order valence-corrected chi connectivity index (χ2v) is 9.82. The number of benzene rings is 1. The number of alkyl halides is 1. The quantitative estimate of drug-likeness (QED) is 0.230. The maximum Gasteiger partial charge on any atom is 0.244 e. The highest BCUT2D eigenvalue weighted by Gasteiger charge is 2.29. The Hall–Kier alpha value is 0.640. The second-order valence-electron chi connectivity index (χ2n) is 5.18. The van der Waals surface area contributed by atoms with Gasteiger partial charge in [-0.2, -0.15) is 4.31 Å². The largest absolute Gasteiger partial charge is 0.244 e. The second kappa shape index (κ2) is 10.7. The number of halogens is 4. The molecule has 0 aliphatic rings. The van der Waals surface area contributed by atoms with Crippen molar-refractivity contribution in [3.8, 4) is 0 Å². The van der Waals surface area contributed by atoms with Crippen LogP contribution < -0.4 is 0 Å². The van der Waals surface area contributed by atoms with Gasteiger partial charge in [-0.3, -0.25) is 0 Å². The molecule has 0 atom stereocenters. The molecule has 3 nitrogen and oxygen atoms in total. The van der Waals surface area contributed by atoms with E-state index in [0.717, 1.165) is 37.4 Å². The Morgan fingerprint density at radius 1 is 1.04 bits per heavy atom. The normalized spacial score (nSPS) is 12.1. The Bertz CT molecular complexity index is 645. The zero-order valence-corrected chi connectivity index (χ0v) is 18.3. The number of sulfonamides is 1. The number of unbranched alkanes of at least 4 members (excludes halogenated alkanes) is 2. The van der Waals surface area contributed by atoms with E-state index in [0.29, 0.717) is 18.0 Å². The molecule has 9 heteroatoms. The highest BCUT2D eigenvalue weighted by Crippen LogP contribution is 2.43. The predicted molar refractivity (Wildman–Crippen MR) is 107 cm³/mol. The minimum atomic E-state index is -3.73. The Kier molecular flexibility index (Phi) is 10.1. The average molecular weight is 453 g/mol. The molecule has 0 fully saturated rings. The summed E-state index contributed by atoms with van der Waals surface area (Å²) in [6.07, 6.45) is 3.39. The summed E-state index contributed by atoms with van der Waals surface area (Å²) in [5.41, 5.74) is 0. The molecule has 0 bridgehead atoms. The molecule has 0 saturated carbocycles. The summed E-state index contributed by atoms with van der Waals surface area (Å²) >= 11 is 25.3. The van der Waals surface area contributed by atoms with Gasteiger partial charge in [0.15, 0.2) is 0 Å². The summed E-state index contributed by atoms with van der Waals surface area (Å²) in [6, 6.07) is 1.37. The number of thioether (sulfide) groups is 1. The Balaban J connectivity index is 3.42. The smallest absolute Gasteiger partial charge is 0.207 e. The first-order chi connectivity index (χ1) is 11.3. The summed E-state index contributed by atoms with van der Waals surface area (Å²) in [6.45, 7) is 4.97. The monoisotopic (exact) mass is 451 g/mol. The lowest BCUT2D eigenvalue weighted by molar-refractivity contribution is 0.394. The summed E-state index contributed by atoms with van der Waals surface area (Å²) < 4.78 is 27.8. The molecular formula is C15H21Cl4NO2S2. The molecule has 24 heavy (non-hydrogen) atoms. The van der Waals surface area contributed by atoms with Gasteiger partial charge in [-0.25, -0.2) is 8.42 Å². The standard InChI is InChI=1S/C15H21Cl4NO2S2/c1-3-5-7-20(8-6-4-2)24(21,22)12-9-11(17)13(18)14(19)15(12)23-10-16/h9H,3-8,10H2,1-2H3. The highest BCUT2D eigenvalue weighted by atomic mass is 35.5. The van der Waals surface area contributed by atoms with Crippen LogP contribution in [-0.2, 0) is 10.0 Å². The number of rotatable bonds is 10. The summed E-state index contributed by atoms with van der Waals surface area (Å²) in [5.74, 6) is 0. The first-order valence-electron chi connectivity index (χ1n) is 7.67. The molecule has 0 spiro atoms. The van der Waals surface area contributed by atoms with Gasteiger partial charge in [0.1, 0.15) is 0 Å². The number of nitrogens with zero attached hydrogens (tertiary/aromatic N) is 1. The van der Waals surface area contributed by atoms with Crippen LogP contribution in [0.25, 0.3) is 0 Å². The van der Waals surface area contributed by atoms with Gasteiger partial charge in [0, 0.05) is 18.0 Å². The van der Waals surface area contributed by atoms with Crippen LogP contribution >= 0.6 is 58.2 Å². The van der Waals surface area contributed by atoms with Crippen LogP contribution in [0.2, 0.25) is 15.1 Å². The fraction of sp³-hybridized carbons (Fsp3) is 0.600. The van der Waals surface area contributed by atoms with E-state index in [2.05, 4.69) is 0 Å². The van der Waals surface area contributed by atoms with E-state index in [1.807, 2.05) is 13.8 Å². The van der Waals surface area contributed by atoms with Crippen LogP contribution in [0.1, 0.15) is 39.5 Å². The van der Waals surface area contributed by atoms with Crippen LogP contribution in [0, 0.1) is 0 Å². The lowest BCUT2D eigenvalue weighted by Crippen LogP contribution is -2.33. The summed E-state index contributed by atoms with van der Waals surface area (Å²) in [4.78, 5) is 0.416. The molecule has 0 heterocycles. The molecule has 0 aliphatic carbocycles. The van der Waals surface area contributed by atoms with Crippen molar-refractivity contribution in [1.29, 1.82) is 0 Å². The molecule has 0 unspecified atom stereocenters. The van der Waals surface area contributed by atoms with E-state index in [1.165, 1.54) is 10.4 Å². The molecular weight excluding hydrogens is 432 g/mol. The topological polar surface area (TPSA) is 37.4 Å². The van der Waals surface area contributed by atoms with Crippen LogP contribution in [0.3, 0.4) is 0 Å². The van der Waals surface area contributed by atoms with Gasteiger partial charge in [-0.1, -0.05) is 61.5 Å². The van der Waals surface area contributed by atoms with Crippen molar-refractivity contribution < 1.29 is 8.42 Å². The van der Waals surface area contributed by atoms with Gasteiger partial charge in [-0.15, -0.1) is 23.4 Å². The Morgan fingerprint density at radius 3 is 2.04 bits per heavy atom. The van der Waals surface area contributed by atoms with Crippen molar-refractivity contribution >= 4 is 68.2 Å². The van der Waals surface area contributed by atoms with Crippen LogP contribution in [-0.4, -0.2) is 31.0 Å². The van der Waals surface area contributed by atoms with Crippen molar-refractivity contribution in [2.45, 2.75) is 49.3 Å². The van der Waals surface area contributed by atoms with Crippen LogP contribution in [0.15, 0.2) is 15.9 Å². The van der Waals surface area contributed by atoms with Gasteiger partial charge in [0.05, 0.1) is 25.2 Å². The average Bonchev–Trinajstić information content (AvgIpc) is 2.55. The number of hydrogen-bond acceptors (Lipinski definition) is 3. The third kappa shape index (κ3) is 5.57. The number of hydrogen-bond donors (Lipinski definition) is 0. The van der Waals surface area contributed by atoms with Gasteiger partial charge in [-0.05, 0) is 18.9 Å². The van der Waals surface area contributed by atoms with E-state index in [9.17, 15) is 8.42 Å². The van der Waals surface area contributed by atoms with Crippen molar-refractivity contribution in [2.24, 2.45) is 0 Å². The molecule has 138 valence electrons. The molecule has 0 aromatic heterocycles. The molecule has 1 aromatic carbocycles. The van der Waals surface area contributed by atoms with Gasteiger partial charge in [0.2, 0.25) is 10.0 Å². The van der Waals surface area contributed by atoms with Crippen molar-refractivity contribution in [1.82, 2.24) is 4.31 Å².